The lowest BCUT2D eigenvalue weighted by atomic mass is 10.1. The van der Waals surface area contributed by atoms with Gasteiger partial charge >= 0.3 is 0 Å². The van der Waals surface area contributed by atoms with Gasteiger partial charge in [0.1, 0.15) is 24.3 Å². The van der Waals surface area contributed by atoms with Crippen LogP contribution in [0.4, 0.5) is 0 Å². The van der Waals surface area contributed by atoms with E-state index >= 15 is 0 Å². The lowest BCUT2D eigenvalue weighted by Gasteiger charge is -2.07. The Morgan fingerprint density at radius 3 is 1.38 bits per heavy atom. The zero-order valence-corrected chi connectivity index (χ0v) is 18.6. The van der Waals surface area contributed by atoms with Crippen LogP contribution in [0.5, 0.6) is 0 Å². The molecule has 0 unspecified atom stereocenters. The molecule has 0 amide bonds. The van der Waals surface area contributed by atoms with Crippen LogP contribution in [0.2, 0.25) is 0 Å². The molecule has 0 atom stereocenters. The molecular formula is C24H28N8. The molecule has 8 heteroatoms. The second-order valence-corrected chi connectivity index (χ2v) is 7.05. The maximum Gasteiger partial charge on any atom is 0.174 e. The van der Waals surface area contributed by atoms with E-state index in [0.717, 1.165) is 49.7 Å². The highest BCUT2D eigenvalue weighted by Crippen LogP contribution is 2.13. The van der Waals surface area contributed by atoms with Crippen molar-refractivity contribution in [3.63, 3.8) is 0 Å². The minimum atomic E-state index is -0.0409. The number of hydrogen-bond donors (Lipinski definition) is 2. The van der Waals surface area contributed by atoms with E-state index in [0.29, 0.717) is 12.8 Å². The molecule has 1 aliphatic rings. The molecule has 8 nitrogen and oxygen atoms in total. The Hall–Kier alpha value is -4.14. The van der Waals surface area contributed by atoms with Crippen molar-refractivity contribution in [1.29, 1.82) is 21.0 Å². The first-order valence-electron chi connectivity index (χ1n) is 10.7. The molecule has 0 saturated heterocycles. The fourth-order valence-electron chi connectivity index (χ4n) is 2.74. The molecule has 0 aromatic rings. The van der Waals surface area contributed by atoms with Crippen molar-refractivity contribution < 1.29 is 0 Å². The molecule has 1 aliphatic heterocycles. The molecule has 0 spiro atoms. The second kappa shape index (κ2) is 15.7. The summed E-state index contributed by atoms with van der Waals surface area (Å²) >= 11 is 0. The van der Waals surface area contributed by atoms with E-state index in [9.17, 15) is 21.0 Å². The lowest BCUT2D eigenvalue weighted by molar-refractivity contribution is 0.720. The van der Waals surface area contributed by atoms with Gasteiger partial charge in [-0.2, -0.15) is 21.0 Å². The van der Waals surface area contributed by atoms with Crippen LogP contribution in [0, 0.1) is 45.3 Å². The number of nitrogens with zero attached hydrogens (tertiary/aromatic N) is 6. The molecule has 32 heavy (non-hydrogen) atoms. The van der Waals surface area contributed by atoms with E-state index in [1.807, 2.05) is 24.3 Å². The van der Waals surface area contributed by atoms with Gasteiger partial charge in [0.25, 0.3) is 0 Å². The maximum absolute atomic E-state index is 9.51. The van der Waals surface area contributed by atoms with Gasteiger partial charge in [0.05, 0.1) is 0 Å². The van der Waals surface area contributed by atoms with Gasteiger partial charge in [0, 0.05) is 24.8 Å². The highest BCUT2D eigenvalue weighted by atomic mass is 14.9. The Morgan fingerprint density at radius 2 is 1.06 bits per heavy atom. The number of allylic oxidation sites excluding steroid dienone is 6. The standard InChI is InChI=1S/C24H28N8/c1-3-5-7-9-19-15-29-21(11-25)23(13-27)31-17-20(10-8-6-4-2)18-32-24(14-28)22(12-26)30-16-19/h15-18,29,32H,3-10H2,1-2H3/b19-15-,20-18-,23-21-,24-22-,30-16-,31-17+. The average molecular weight is 429 g/mol. The maximum atomic E-state index is 9.51. The predicted octanol–water partition coefficient (Wildman–Crippen LogP) is 4.77. The van der Waals surface area contributed by atoms with Crippen molar-refractivity contribution in [2.45, 2.75) is 65.2 Å². The van der Waals surface area contributed by atoms with Crippen LogP contribution in [0.1, 0.15) is 65.2 Å². The van der Waals surface area contributed by atoms with E-state index < -0.39 is 0 Å². The number of rotatable bonds is 8. The zero-order chi connectivity index (χ0) is 23.6. The van der Waals surface area contributed by atoms with Gasteiger partial charge in [0.2, 0.25) is 0 Å². The van der Waals surface area contributed by atoms with Crippen molar-refractivity contribution in [2.24, 2.45) is 9.98 Å². The molecule has 1 rings (SSSR count). The van der Waals surface area contributed by atoms with Gasteiger partial charge in [-0.15, -0.1) is 0 Å². The van der Waals surface area contributed by atoms with E-state index in [1.165, 1.54) is 12.4 Å². The van der Waals surface area contributed by atoms with Crippen molar-refractivity contribution in [2.75, 3.05) is 0 Å². The van der Waals surface area contributed by atoms with Gasteiger partial charge in [-0.1, -0.05) is 39.5 Å². The molecule has 0 aromatic heterocycles. The summed E-state index contributed by atoms with van der Waals surface area (Å²) in [6, 6.07) is 7.87. The third-order valence-corrected chi connectivity index (χ3v) is 4.57. The third-order valence-electron chi connectivity index (χ3n) is 4.57. The summed E-state index contributed by atoms with van der Waals surface area (Å²) in [6.07, 6.45) is 13.4. The van der Waals surface area contributed by atoms with Crippen molar-refractivity contribution in [3.8, 4) is 24.3 Å². The summed E-state index contributed by atoms with van der Waals surface area (Å²) < 4.78 is 0. The molecule has 0 saturated carbocycles. The van der Waals surface area contributed by atoms with Gasteiger partial charge in [0.15, 0.2) is 22.8 Å². The summed E-state index contributed by atoms with van der Waals surface area (Å²) in [5, 5.41) is 43.7. The fourth-order valence-corrected chi connectivity index (χ4v) is 2.74. The summed E-state index contributed by atoms with van der Waals surface area (Å²) in [7, 11) is 0. The summed E-state index contributed by atoms with van der Waals surface area (Å²) in [6.45, 7) is 4.18. The van der Waals surface area contributed by atoms with Crippen LogP contribution < -0.4 is 10.6 Å². The second-order valence-electron chi connectivity index (χ2n) is 7.05. The predicted molar refractivity (Wildman–Crippen MR) is 124 cm³/mol. The molecule has 1 heterocycles. The molecule has 164 valence electrons. The van der Waals surface area contributed by atoms with Crippen LogP contribution in [-0.2, 0) is 0 Å². The smallest absolute Gasteiger partial charge is 0.174 e. The first-order chi connectivity index (χ1) is 15.6. The van der Waals surface area contributed by atoms with Crippen LogP contribution in [0.3, 0.4) is 0 Å². The van der Waals surface area contributed by atoms with Gasteiger partial charge < -0.3 is 10.6 Å². The highest BCUT2D eigenvalue weighted by Gasteiger charge is 2.08. The van der Waals surface area contributed by atoms with Crippen LogP contribution in [0.25, 0.3) is 0 Å². The highest BCUT2D eigenvalue weighted by molar-refractivity contribution is 5.81. The number of nitriles is 4. The van der Waals surface area contributed by atoms with Gasteiger partial charge in [-0.25, -0.2) is 9.98 Å². The monoisotopic (exact) mass is 428 g/mol. The topological polar surface area (TPSA) is 144 Å². The number of nitrogens with one attached hydrogen (secondary N) is 2. The molecule has 0 aliphatic carbocycles. The first kappa shape index (κ1) is 25.9. The van der Waals surface area contributed by atoms with Crippen molar-refractivity contribution in [3.05, 3.63) is 46.3 Å². The largest absolute Gasteiger partial charge is 0.350 e. The number of unbranched alkanes of at least 4 members (excludes halogenated alkanes) is 4. The van der Waals surface area contributed by atoms with E-state index in [-0.39, 0.29) is 22.8 Å². The Labute approximate surface area is 190 Å². The molecular weight excluding hydrogens is 400 g/mol. The minimum Gasteiger partial charge on any atom is -0.350 e. The number of hydrogen-bond acceptors (Lipinski definition) is 8. The third kappa shape index (κ3) is 9.12. The fraction of sp³-hybridized carbons (Fsp3) is 0.417. The van der Waals surface area contributed by atoms with Crippen molar-refractivity contribution >= 4 is 12.4 Å². The Kier molecular flexibility index (Phi) is 12.7. The lowest BCUT2D eigenvalue weighted by Crippen LogP contribution is -2.10. The molecule has 2 N–H and O–H groups in total. The van der Waals surface area contributed by atoms with Gasteiger partial charge in [-0.05, 0) is 36.8 Å². The quantitative estimate of drug-likeness (QED) is 0.533. The average Bonchev–Trinajstić information content (AvgIpc) is 2.81. The van der Waals surface area contributed by atoms with Crippen molar-refractivity contribution in [1.82, 2.24) is 10.6 Å². The zero-order valence-electron chi connectivity index (χ0n) is 18.6. The summed E-state index contributed by atoms with van der Waals surface area (Å²) in [5.74, 6) is 0. The summed E-state index contributed by atoms with van der Waals surface area (Å²) in [4.78, 5) is 8.41. The van der Waals surface area contributed by atoms with Crippen LogP contribution in [-0.4, -0.2) is 12.4 Å². The summed E-state index contributed by atoms with van der Waals surface area (Å²) in [5.41, 5.74) is 1.42. The first-order valence-corrected chi connectivity index (χ1v) is 10.7. The Balaban J connectivity index is 3.50. The number of aliphatic imine (C=N–C) groups is 2. The minimum absolute atomic E-state index is 0.0248. The Morgan fingerprint density at radius 1 is 0.656 bits per heavy atom. The molecule has 0 aromatic carbocycles. The Bertz CT molecular complexity index is 913. The van der Waals surface area contributed by atoms with Crippen LogP contribution >= 0.6 is 0 Å². The van der Waals surface area contributed by atoms with E-state index in [1.54, 1.807) is 12.4 Å². The van der Waals surface area contributed by atoms with E-state index in [2.05, 4.69) is 34.5 Å². The normalized spacial score (nSPS) is 24.3. The van der Waals surface area contributed by atoms with Gasteiger partial charge in [-0.3, -0.25) is 0 Å². The molecule has 0 fully saturated rings. The SMILES string of the molecule is CCCCCC1=C/N\C(C#N)=C(C#N)/N=C/C(CCCCC)=C\N\C(C#N)=C(C#N)/N=C\1. The molecule has 0 bridgehead atoms. The molecule has 0 radical (unpaired) electrons. The van der Waals surface area contributed by atoms with Crippen LogP contribution in [0.15, 0.2) is 56.3 Å². The van der Waals surface area contributed by atoms with E-state index in [4.69, 9.17) is 0 Å².